The Hall–Kier alpha value is -1.55. The second kappa shape index (κ2) is 6.75. The number of aryl methyl sites for hydroxylation is 1. The zero-order chi connectivity index (χ0) is 14.5. The average Bonchev–Trinajstić information content (AvgIpc) is 2.42. The maximum Gasteiger partial charge on any atom is 0.251 e. The molecule has 0 saturated heterocycles. The lowest BCUT2D eigenvalue weighted by atomic mass is 9.93. The minimum atomic E-state index is -0.190. The zero-order valence-electron chi connectivity index (χ0n) is 12.3. The molecule has 2 rings (SSSR count). The molecule has 0 aromatic heterocycles. The van der Waals surface area contributed by atoms with E-state index in [1.807, 2.05) is 32.0 Å². The molecule has 0 atom stereocenters. The van der Waals surface area contributed by atoms with E-state index in [4.69, 9.17) is 0 Å². The molecule has 110 valence electrons. The molecule has 1 aromatic carbocycles. The highest BCUT2D eigenvalue weighted by Gasteiger charge is 2.21. The maximum absolute atomic E-state index is 12.3. The third-order valence-electron chi connectivity index (χ3n) is 3.88. The van der Waals surface area contributed by atoms with Crippen molar-refractivity contribution < 1.29 is 9.90 Å². The summed E-state index contributed by atoms with van der Waals surface area (Å²) in [5.74, 6) is -0.00746. The molecule has 3 N–H and O–H groups in total. The first-order valence-corrected chi connectivity index (χ1v) is 7.43. The van der Waals surface area contributed by atoms with Crippen LogP contribution in [0, 0.1) is 6.92 Å². The van der Waals surface area contributed by atoms with Gasteiger partial charge in [-0.15, -0.1) is 0 Å². The second-order valence-electron chi connectivity index (χ2n) is 5.54. The summed E-state index contributed by atoms with van der Waals surface area (Å²) >= 11 is 0. The SMILES string of the molecule is CCNc1ccc(C(=O)NC2CCC(O)CC2)c(C)c1. The monoisotopic (exact) mass is 276 g/mol. The molecule has 1 aromatic rings. The average molecular weight is 276 g/mol. The molecule has 1 fully saturated rings. The van der Waals surface area contributed by atoms with Crippen molar-refractivity contribution >= 4 is 11.6 Å². The van der Waals surface area contributed by atoms with Crippen LogP contribution in [0.5, 0.6) is 0 Å². The number of hydrogen-bond acceptors (Lipinski definition) is 3. The van der Waals surface area contributed by atoms with Crippen LogP contribution in [0.4, 0.5) is 5.69 Å². The molecule has 20 heavy (non-hydrogen) atoms. The maximum atomic E-state index is 12.3. The molecule has 4 heteroatoms. The Balaban J connectivity index is 1.98. The van der Waals surface area contributed by atoms with Crippen LogP contribution in [-0.4, -0.2) is 29.7 Å². The predicted octanol–water partition coefficient (Wildman–Crippen LogP) is 2.46. The van der Waals surface area contributed by atoms with Crippen molar-refractivity contribution in [2.24, 2.45) is 0 Å². The van der Waals surface area contributed by atoms with Crippen molar-refractivity contribution in [3.8, 4) is 0 Å². The van der Waals surface area contributed by atoms with Crippen molar-refractivity contribution in [2.75, 3.05) is 11.9 Å². The molecule has 4 nitrogen and oxygen atoms in total. The molecular weight excluding hydrogens is 252 g/mol. The van der Waals surface area contributed by atoms with E-state index in [0.29, 0.717) is 0 Å². The van der Waals surface area contributed by atoms with Crippen LogP contribution in [0.25, 0.3) is 0 Å². The highest BCUT2D eigenvalue weighted by molar-refractivity contribution is 5.96. The predicted molar refractivity (Wildman–Crippen MR) is 81.1 cm³/mol. The van der Waals surface area contributed by atoms with Crippen LogP contribution in [0.2, 0.25) is 0 Å². The lowest BCUT2D eigenvalue weighted by Gasteiger charge is -2.26. The molecule has 1 aliphatic rings. The molecule has 0 aliphatic heterocycles. The molecule has 0 radical (unpaired) electrons. The Labute approximate surface area is 120 Å². The van der Waals surface area contributed by atoms with Gasteiger partial charge in [-0.25, -0.2) is 0 Å². The number of carbonyl (C=O) groups excluding carboxylic acids is 1. The van der Waals surface area contributed by atoms with Gasteiger partial charge < -0.3 is 15.7 Å². The summed E-state index contributed by atoms with van der Waals surface area (Å²) < 4.78 is 0. The first-order chi connectivity index (χ1) is 9.60. The standard InChI is InChI=1S/C16H24N2O2/c1-3-17-13-6-9-15(11(2)10-13)16(20)18-12-4-7-14(19)8-5-12/h6,9-10,12,14,17,19H,3-5,7-8H2,1-2H3,(H,18,20). The van der Waals surface area contributed by atoms with E-state index in [0.717, 1.165) is 49.0 Å². The summed E-state index contributed by atoms with van der Waals surface area (Å²) in [6, 6.07) is 6.01. The van der Waals surface area contributed by atoms with Crippen LogP contribution >= 0.6 is 0 Å². The second-order valence-corrected chi connectivity index (χ2v) is 5.54. The van der Waals surface area contributed by atoms with Crippen LogP contribution in [0.1, 0.15) is 48.5 Å². The quantitative estimate of drug-likeness (QED) is 0.791. The Kier molecular flexibility index (Phi) is 5.01. The Morgan fingerprint density at radius 3 is 2.60 bits per heavy atom. The van der Waals surface area contributed by atoms with Gasteiger partial charge >= 0.3 is 0 Å². The number of anilines is 1. The van der Waals surface area contributed by atoms with E-state index in [2.05, 4.69) is 10.6 Å². The Bertz CT molecular complexity index is 466. The van der Waals surface area contributed by atoms with E-state index in [1.165, 1.54) is 0 Å². The molecule has 0 heterocycles. The number of aliphatic hydroxyl groups excluding tert-OH is 1. The fraction of sp³-hybridized carbons (Fsp3) is 0.562. The van der Waals surface area contributed by atoms with E-state index < -0.39 is 0 Å². The lowest BCUT2D eigenvalue weighted by Crippen LogP contribution is -2.38. The molecule has 0 bridgehead atoms. The van der Waals surface area contributed by atoms with Gasteiger partial charge in [-0.2, -0.15) is 0 Å². The van der Waals surface area contributed by atoms with Crippen molar-refractivity contribution in [3.63, 3.8) is 0 Å². The van der Waals surface area contributed by atoms with E-state index in [-0.39, 0.29) is 18.1 Å². The van der Waals surface area contributed by atoms with Crippen molar-refractivity contribution in [3.05, 3.63) is 29.3 Å². The lowest BCUT2D eigenvalue weighted by molar-refractivity contribution is 0.0867. The first-order valence-electron chi connectivity index (χ1n) is 7.43. The van der Waals surface area contributed by atoms with Gasteiger partial charge in [0.15, 0.2) is 0 Å². The summed E-state index contributed by atoms with van der Waals surface area (Å²) in [5.41, 5.74) is 2.76. The third kappa shape index (κ3) is 3.73. The smallest absolute Gasteiger partial charge is 0.251 e. The largest absolute Gasteiger partial charge is 0.393 e. The minimum Gasteiger partial charge on any atom is -0.393 e. The highest BCUT2D eigenvalue weighted by atomic mass is 16.3. The van der Waals surface area contributed by atoms with Gasteiger partial charge in [0.25, 0.3) is 5.91 Å². The summed E-state index contributed by atoms with van der Waals surface area (Å²) in [5, 5.41) is 15.8. The van der Waals surface area contributed by atoms with Crippen LogP contribution in [0.15, 0.2) is 18.2 Å². The molecular formula is C16H24N2O2. The molecule has 1 aliphatic carbocycles. The number of amides is 1. The summed E-state index contributed by atoms with van der Waals surface area (Å²) in [6.07, 6.45) is 3.10. The van der Waals surface area contributed by atoms with Crippen LogP contribution in [-0.2, 0) is 0 Å². The Morgan fingerprint density at radius 2 is 2.00 bits per heavy atom. The number of rotatable bonds is 4. The third-order valence-corrected chi connectivity index (χ3v) is 3.88. The van der Waals surface area contributed by atoms with E-state index in [1.54, 1.807) is 0 Å². The zero-order valence-corrected chi connectivity index (χ0v) is 12.3. The highest BCUT2D eigenvalue weighted by Crippen LogP contribution is 2.20. The van der Waals surface area contributed by atoms with Gasteiger partial charge in [0.2, 0.25) is 0 Å². The van der Waals surface area contributed by atoms with Crippen LogP contribution in [0.3, 0.4) is 0 Å². The molecule has 0 unspecified atom stereocenters. The van der Waals surface area contributed by atoms with Gasteiger partial charge in [-0.05, 0) is 63.3 Å². The Morgan fingerprint density at radius 1 is 1.30 bits per heavy atom. The summed E-state index contributed by atoms with van der Waals surface area (Å²) in [6.45, 7) is 4.88. The summed E-state index contributed by atoms with van der Waals surface area (Å²) in [4.78, 5) is 12.3. The minimum absolute atomic E-state index is 0.00746. The van der Waals surface area contributed by atoms with Crippen molar-refractivity contribution in [1.29, 1.82) is 0 Å². The molecule has 1 saturated carbocycles. The first kappa shape index (κ1) is 14.9. The number of nitrogens with one attached hydrogen (secondary N) is 2. The molecule has 0 spiro atoms. The van der Waals surface area contributed by atoms with Gasteiger partial charge in [0.05, 0.1) is 6.10 Å². The fourth-order valence-electron chi connectivity index (χ4n) is 2.72. The van der Waals surface area contributed by atoms with E-state index >= 15 is 0 Å². The van der Waals surface area contributed by atoms with Gasteiger partial charge in [-0.1, -0.05) is 0 Å². The van der Waals surface area contributed by atoms with E-state index in [9.17, 15) is 9.90 Å². The number of carbonyl (C=O) groups is 1. The fourth-order valence-corrected chi connectivity index (χ4v) is 2.72. The summed E-state index contributed by atoms with van der Waals surface area (Å²) in [7, 11) is 0. The number of hydrogen-bond donors (Lipinski definition) is 3. The van der Waals surface area contributed by atoms with Gasteiger partial charge in [-0.3, -0.25) is 4.79 Å². The van der Waals surface area contributed by atoms with Gasteiger partial charge in [0, 0.05) is 23.8 Å². The van der Waals surface area contributed by atoms with Crippen LogP contribution < -0.4 is 10.6 Å². The normalized spacial score (nSPS) is 22.4. The number of benzene rings is 1. The number of aliphatic hydroxyl groups is 1. The van der Waals surface area contributed by atoms with Gasteiger partial charge in [0.1, 0.15) is 0 Å². The van der Waals surface area contributed by atoms with Crippen molar-refractivity contribution in [2.45, 2.75) is 51.7 Å². The topological polar surface area (TPSA) is 61.4 Å². The molecule has 1 amide bonds. The van der Waals surface area contributed by atoms with Crippen molar-refractivity contribution in [1.82, 2.24) is 5.32 Å².